The van der Waals surface area contributed by atoms with Gasteiger partial charge in [0.15, 0.2) is 16.7 Å². The number of carbonyl (C=O) groups is 1. The number of aryl methyl sites for hydroxylation is 1. The highest BCUT2D eigenvalue weighted by Crippen LogP contribution is 2.28. The summed E-state index contributed by atoms with van der Waals surface area (Å²) in [4.78, 5) is 17.0. The van der Waals surface area contributed by atoms with Gasteiger partial charge in [-0.3, -0.25) is 9.36 Å². The quantitative estimate of drug-likeness (QED) is 0.328. The first-order valence-electron chi connectivity index (χ1n) is 10.6. The summed E-state index contributed by atoms with van der Waals surface area (Å²) < 4.78 is 12.6. The lowest BCUT2D eigenvalue weighted by molar-refractivity contribution is 0.0949. The molecular weight excluding hydrogens is 470 g/mol. The predicted molar refractivity (Wildman–Crippen MR) is 133 cm³/mol. The number of thioether (sulfide) groups is 1. The van der Waals surface area contributed by atoms with Crippen molar-refractivity contribution < 1.29 is 14.3 Å². The Bertz CT molecular complexity index is 1260. The largest absolute Gasteiger partial charge is 0.493 e. The van der Waals surface area contributed by atoms with Crippen LogP contribution in [-0.2, 0) is 12.2 Å². The van der Waals surface area contributed by atoms with E-state index < -0.39 is 0 Å². The normalized spacial score (nSPS) is 10.8. The minimum Gasteiger partial charge on any atom is -0.493 e. The van der Waals surface area contributed by atoms with Crippen LogP contribution < -0.4 is 14.8 Å². The Hall–Kier alpha value is -3.37. The third-order valence-electron chi connectivity index (χ3n) is 5.07. The molecule has 0 fully saturated rings. The number of hydrogen-bond donors (Lipinski definition) is 1. The van der Waals surface area contributed by atoms with E-state index in [0.29, 0.717) is 35.9 Å². The molecule has 0 aliphatic carbocycles. The van der Waals surface area contributed by atoms with Crippen LogP contribution in [0.15, 0.2) is 59.1 Å². The average molecular weight is 496 g/mol. The summed E-state index contributed by atoms with van der Waals surface area (Å²) in [6, 6.07) is 15.7. The number of para-hydroxylation sites is 1. The van der Waals surface area contributed by atoms with Crippen LogP contribution >= 0.6 is 23.1 Å². The Labute approximate surface area is 206 Å². The lowest BCUT2D eigenvalue weighted by Crippen LogP contribution is -2.26. The molecule has 0 aliphatic rings. The number of methoxy groups -OCH3 is 2. The van der Waals surface area contributed by atoms with Crippen molar-refractivity contribution in [1.29, 1.82) is 0 Å². The van der Waals surface area contributed by atoms with E-state index >= 15 is 0 Å². The molecule has 4 aromatic rings. The maximum Gasteiger partial charge on any atom is 0.270 e. The number of rotatable bonds is 10. The van der Waals surface area contributed by atoms with Gasteiger partial charge in [0.25, 0.3) is 5.91 Å². The number of benzene rings is 2. The van der Waals surface area contributed by atoms with Gasteiger partial charge in [0.1, 0.15) is 16.5 Å². The maximum absolute atomic E-state index is 12.5. The lowest BCUT2D eigenvalue weighted by Gasteiger charge is -2.09. The third-order valence-corrected chi connectivity index (χ3v) is 7.04. The number of thiazole rings is 1. The molecule has 176 valence electrons. The van der Waals surface area contributed by atoms with E-state index in [4.69, 9.17) is 9.47 Å². The van der Waals surface area contributed by atoms with Crippen LogP contribution in [0.5, 0.6) is 11.5 Å². The summed E-state index contributed by atoms with van der Waals surface area (Å²) in [5.74, 6) is 2.60. The average Bonchev–Trinajstić information content (AvgIpc) is 3.49. The predicted octanol–water partition coefficient (Wildman–Crippen LogP) is 4.31. The number of nitrogens with one attached hydrogen (secondary N) is 1. The van der Waals surface area contributed by atoms with E-state index in [1.54, 1.807) is 31.4 Å². The van der Waals surface area contributed by atoms with Crippen LogP contribution in [0.3, 0.4) is 0 Å². The van der Waals surface area contributed by atoms with Gasteiger partial charge in [-0.2, -0.15) is 0 Å². The first-order chi connectivity index (χ1) is 16.6. The molecule has 0 saturated carbocycles. The molecule has 0 saturated heterocycles. The Morgan fingerprint density at radius 3 is 2.65 bits per heavy atom. The van der Waals surface area contributed by atoms with Crippen LogP contribution in [0.1, 0.15) is 26.9 Å². The monoisotopic (exact) mass is 495 g/mol. The second-order valence-corrected chi connectivity index (χ2v) is 9.20. The Balaban J connectivity index is 1.31. The summed E-state index contributed by atoms with van der Waals surface area (Å²) in [7, 11) is 3.21. The molecule has 4 rings (SSSR count). The first-order valence-corrected chi connectivity index (χ1v) is 12.5. The van der Waals surface area contributed by atoms with Crippen molar-refractivity contribution in [3.63, 3.8) is 0 Å². The highest BCUT2D eigenvalue weighted by molar-refractivity contribution is 7.98. The minimum absolute atomic E-state index is 0.184. The Morgan fingerprint density at radius 2 is 1.88 bits per heavy atom. The van der Waals surface area contributed by atoms with Crippen molar-refractivity contribution >= 4 is 29.0 Å². The van der Waals surface area contributed by atoms with E-state index in [-0.39, 0.29) is 5.91 Å². The Kier molecular flexibility index (Phi) is 7.81. The molecule has 0 spiro atoms. The van der Waals surface area contributed by atoms with Crippen LogP contribution in [0.4, 0.5) is 0 Å². The van der Waals surface area contributed by atoms with Crippen molar-refractivity contribution in [2.45, 2.75) is 24.3 Å². The zero-order chi connectivity index (χ0) is 23.9. The first kappa shape index (κ1) is 23.8. The molecule has 2 heterocycles. The second kappa shape index (κ2) is 11.2. The molecule has 8 nitrogen and oxygen atoms in total. The smallest absolute Gasteiger partial charge is 0.270 e. The Morgan fingerprint density at radius 1 is 1.09 bits per heavy atom. The molecule has 2 aromatic carbocycles. The van der Waals surface area contributed by atoms with Gasteiger partial charge in [-0.1, -0.05) is 36.0 Å². The highest BCUT2D eigenvalue weighted by atomic mass is 32.2. The number of ether oxygens (including phenoxy) is 2. The van der Waals surface area contributed by atoms with Gasteiger partial charge < -0.3 is 14.8 Å². The number of aromatic nitrogens is 4. The van der Waals surface area contributed by atoms with Crippen molar-refractivity contribution in [2.24, 2.45) is 0 Å². The van der Waals surface area contributed by atoms with Gasteiger partial charge in [-0.25, -0.2) is 4.98 Å². The molecule has 2 aromatic heterocycles. The fourth-order valence-corrected chi connectivity index (χ4v) is 5.16. The molecule has 34 heavy (non-hydrogen) atoms. The SMILES string of the molecule is COc1ccc(CCNC(=O)c2csc(CSc3nnc(C)n3-c3ccccc3)n2)cc1OC. The van der Waals surface area contributed by atoms with Gasteiger partial charge in [0.2, 0.25) is 0 Å². The second-order valence-electron chi connectivity index (χ2n) is 7.31. The number of hydrogen-bond acceptors (Lipinski definition) is 8. The summed E-state index contributed by atoms with van der Waals surface area (Å²) in [5, 5.41) is 14.9. The number of amides is 1. The maximum atomic E-state index is 12.5. The van der Waals surface area contributed by atoms with E-state index in [2.05, 4.69) is 20.5 Å². The number of nitrogens with zero attached hydrogens (tertiary/aromatic N) is 4. The van der Waals surface area contributed by atoms with E-state index in [1.807, 2.05) is 60.0 Å². The summed E-state index contributed by atoms with van der Waals surface area (Å²) >= 11 is 3.01. The molecular formula is C24H25N5O3S2. The van der Waals surface area contributed by atoms with Crippen LogP contribution in [0.2, 0.25) is 0 Å². The van der Waals surface area contributed by atoms with Crippen molar-refractivity contribution in [3.05, 3.63) is 76.0 Å². The minimum atomic E-state index is -0.184. The zero-order valence-electron chi connectivity index (χ0n) is 19.1. The fraction of sp³-hybridized carbons (Fsp3) is 0.250. The molecule has 0 radical (unpaired) electrons. The van der Waals surface area contributed by atoms with E-state index in [0.717, 1.165) is 27.2 Å². The van der Waals surface area contributed by atoms with Gasteiger partial charge in [0, 0.05) is 17.6 Å². The van der Waals surface area contributed by atoms with Crippen molar-refractivity contribution in [1.82, 2.24) is 25.1 Å². The van der Waals surface area contributed by atoms with Crippen molar-refractivity contribution in [3.8, 4) is 17.2 Å². The van der Waals surface area contributed by atoms with Crippen LogP contribution in [-0.4, -0.2) is 46.4 Å². The van der Waals surface area contributed by atoms with Crippen LogP contribution in [0.25, 0.3) is 5.69 Å². The summed E-state index contributed by atoms with van der Waals surface area (Å²) in [6.45, 7) is 2.42. The molecule has 10 heteroatoms. The fourth-order valence-electron chi connectivity index (χ4n) is 3.37. The van der Waals surface area contributed by atoms with Gasteiger partial charge >= 0.3 is 0 Å². The molecule has 1 N–H and O–H groups in total. The summed E-state index contributed by atoms with van der Waals surface area (Å²) in [5.41, 5.74) is 2.49. The topological polar surface area (TPSA) is 91.2 Å². The zero-order valence-corrected chi connectivity index (χ0v) is 20.8. The van der Waals surface area contributed by atoms with E-state index in [1.165, 1.54) is 11.3 Å². The molecule has 1 amide bonds. The number of carbonyl (C=O) groups excluding carboxylic acids is 1. The molecule has 0 aliphatic heterocycles. The van der Waals surface area contributed by atoms with Gasteiger partial charge in [0.05, 0.1) is 20.0 Å². The standard InChI is InChI=1S/C24H25N5O3S2/c1-16-27-28-24(29(16)18-7-5-4-6-8-18)34-15-22-26-19(14-33-22)23(30)25-12-11-17-9-10-20(31-2)21(13-17)32-3/h4-10,13-14H,11-12,15H2,1-3H3,(H,25,30). The molecule has 0 bridgehead atoms. The van der Waals surface area contributed by atoms with Gasteiger partial charge in [-0.05, 0) is 43.2 Å². The molecule has 0 atom stereocenters. The van der Waals surface area contributed by atoms with Crippen molar-refractivity contribution in [2.75, 3.05) is 20.8 Å². The third kappa shape index (κ3) is 5.57. The highest BCUT2D eigenvalue weighted by Gasteiger charge is 2.15. The molecule has 0 unspecified atom stereocenters. The van der Waals surface area contributed by atoms with Crippen LogP contribution in [0, 0.1) is 6.92 Å². The van der Waals surface area contributed by atoms with E-state index in [9.17, 15) is 4.79 Å². The van der Waals surface area contributed by atoms with Gasteiger partial charge in [-0.15, -0.1) is 21.5 Å². The summed E-state index contributed by atoms with van der Waals surface area (Å²) in [6.07, 6.45) is 0.674. The lowest BCUT2D eigenvalue weighted by atomic mass is 10.1.